The second-order valence-electron chi connectivity index (χ2n) is 3.17. The van der Waals surface area contributed by atoms with Gasteiger partial charge in [0.1, 0.15) is 12.4 Å². The van der Waals surface area contributed by atoms with Gasteiger partial charge in [-0.05, 0) is 19.1 Å². The van der Waals surface area contributed by atoms with Crippen LogP contribution in [0.5, 0.6) is 5.75 Å². The summed E-state index contributed by atoms with van der Waals surface area (Å²) in [6, 6.07) is 7.49. The molecule has 0 fully saturated rings. The van der Waals surface area contributed by atoms with E-state index in [1.807, 2.05) is 37.4 Å². The minimum Gasteiger partial charge on any atom is -0.486 e. The molecule has 1 heterocycles. The molecule has 2 N–H and O–H groups in total. The molecule has 0 atom stereocenters. The highest BCUT2D eigenvalue weighted by Gasteiger charge is 2.01. The van der Waals surface area contributed by atoms with Crippen molar-refractivity contribution in [3.05, 3.63) is 40.3 Å². The van der Waals surface area contributed by atoms with Gasteiger partial charge in [0.2, 0.25) is 0 Å². The topological polar surface area (TPSA) is 48.1 Å². The van der Waals surface area contributed by atoms with E-state index in [0.29, 0.717) is 12.3 Å². The Morgan fingerprint density at radius 2 is 2.20 bits per heavy atom. The lowest BCUT2D eigenvalue weighted by Gasteiger charge is -2.06. The van der Waals surface area contributed by atoms with Crippen molar-refractivity contribution in [3.63, 3.8) is 0 Å². The predicted octanol–water partition coefficient (Wildman–Crippen LogP) is 2.61. The molecule has 1 aromatic carbocycles. The van der Waals surface area contributed by atoms with Gasteiger partial charge >= 0.3 is 0 Å². The number of nitrogen functional groups attached to an aromatic ring is 1. The first kappa shape index (κ1) is 9.98. The average molecular weight is 220 g/mol. The van der Waals surface area contributed by atoms with Gasteiger partial charge in [-0.1, -0.05) is 12.1 Å². The van der Waals surface area contributed by atoms with Crippen LogP contribution in [0.1, 0.15) is 9.88 Å². The molecular formula is C11H12N2OS. The van der Waals surface area contributed by atoms with Gasteiger partial charge < -0.3 is 10.5 Å². The molecule has 1 aromatic heterocycles. The molecule has 0 unspecified atom stereocenters. The molecule has 0 spiro atoms. The van der Waals surface area contributed by atoms with Crippen molar-refractivity contribution in [2.45, 2.75) is 13.5 Å². The Morgan fingerprint density at radius 1 is 1.40 bits per heavy atom. The smallest absolute Gasteiger partial charge is 0.142 e. The minimum absolute atomic E-state index is 0.528. The van der Waals surface area contributed by atoms with Gasteiger partial charge in [-0.2, -0.15) is 0 Å². The highest BCUT2D eigenvalue weighted by atomic mass is 32.1. The van der Waals surface area contributed by atoms with Gasteiger partial charge in [0.15, 0.2) is 0 Å². The monoisotopic (exact) mass is 220 g/mol. The Labute approximate surface area is 92.5 Å². The fraction of sp³-hybridized carbons (Fsp3) is 0.182. The number of para-hydroxylation sites is 2. The number of aryl methyl sites for hydroxylation is 1. The van der Waals surface area contributed by atoms with E-state index in [2.05, 4.69) is 4.98 Å². The third-order valence-electron chi connectivity index (χ3n) is 1.96. The number of hydrogen-bond acceptors (Lipinski definition) is 4. The molecule has 2 rings (SSSR count). The molecule has 78 valence electrons. The molecule has 0 amide bonds. The van der Waals surface area contributed by atoms with Gasteiger partial charge in [-0.3, -0.25) is 0 Å². The number of thiazole rings is 1. The molecule has 0 aliphatic rings. The van der Waals surface area contributed by atoms with Crippen molar-refractivity contribution >= 4 is 17.0 Å². The molecular weight excluding hydrogens is 208 g/mol. The third-order valence-corrected chi connectivity index (χ3v) is 2.84. The van der Waals surface area contributed by atoms with E-state index in [1.54, 1.807) is 11.3 Å². The van der Waals surface area contributed by atoms with Gasteiger partial charge in [0.05, 0.1) is 15.6 Å². The van der Waals surface area contributed by atoms with Crippen molar-refractivity contribution in [2.75, 3.05) is 5.73 Å². The molecule has 0 aliphatic heterocycles. The Kier molecular flexibility index (Phi) is 2.87. The van der Waals surface area contributed by atoms with E-state index < -0.39 is 0 Å². The maximum absolute atomic E-state index is 5.75. The zero-order chi connectivity index (χ0) is 10.7. The molecule has 4 heteroatoms. The molecule has 3 nitrogen and oxygen atoms in total. The zero-order valence-corrected chi connectivity index (χ0v) is 9.25. The Balaban J connectivity index is 2.02. The lowest BCUT2D eigenvalue weighted by atomic mass is 10.3. The van der Waals surface area contributed by atoms with Gasteiger partial charge in [-0.15, -0.1) is 11.3 Å². The highest BCUT2D eigenvalue weighted by Crippen LogP contribution is 2.22. The number of benzene rings is 1. The summed E-state index contributed by atoms with van der Waals surface area (Å²) in [7, 11) is 0. The summed E-state index contributed by atoms with van der Waals surface area (Å²) in [6.07, 6.45) is 1.83. The Hall–Kier alpha value is -1.55. The van der Waals surface area contributed by atoms with Crippen molar-refractivity contribution in [1.29, 1.82) is 0 Å². The van der Waals surface area contributed by atoms with E-state index in [1.165, 1.54) is 0 Å². The third kappa shape index (κ3) is 2.47. The molecule has 0 aliphatic carbocycles. The average Bonchev–Trinajstić information content (AvgIpc) is 2.63. The van der Waals surface area contributed by atoms with E-state index >= 15 is 0 Å². The maximum Gasteiger partial charge on any atom is 0.142 e. The predicted molar refractivity (Wildman–Crippen MR) is 62.0 cm³/mol. The standard InChI is InChI=1S/C11H12N2OS/c1-8-13-6-9(15-8)7-14-11-5-3-2-4-10(11)12/h2-6H,7,12H2,1H3. The quantitative estimate of drug-likeness (QED) is 0.809. The van der Waals surface area contributed by atoms with Crippen LogP contribution in [-0.2, 0) is 6.61 Å². The molecule has 0 saturated heterocycles. The van der Waals surface area contributed by atoms with Crippen molar-refractivity contribution < 1.29 is 4.74 Å². The number of aromatic nitrogens is 1. The van der Waals surface area contributed by atoms with E-state index in [-0.39, 0.29) is 0 Å². The Morgan fingerprint density at radius 3 is 2.87 bits per heavy atom. The van der Waals surface area contributed by atoms with E-state index in [0.717, 1.165) is 15.6 Å². The van der Waals surface area contributed by atoms with Crippen molar-refractivity contribution in [1.82, 2.24) is 4.98 Å². The zero-order valence-electron chi connectivity index (χ0n) is 8.43. The van der Waals surface area contributed by atoms with Crippen LogP contribution in [0, 0.1) is 6.92 Å². The fourth-order valence-electron chi connectivity index (χ4n) is 1.23. The van der Waals surface area contributed by atoms with Crippen LogP contribution in [0.2, 0.25) is 0 Å². The van der Waals surface area contributed by atoms with E-state index in [9.17, 15) is 0 Å². The van der Waals surface area contributed by atoms with Crippen molar-refractivity contribution in [2.24, 2.45) is 0 Å². The van der Waals surface area contributed by atoms with Crippen LogP contribution in [0.4, 0.5) is 5.69 Å². The summed E-state index contributed by atoms with van der Waals surface area (Å²) in [5.41, 5.74) is 6.42. The minimum atomic E-state index is 0.528. The summed E-state index contributed by atoms with van der Waals surface area (Å²) >= 11 is 1.64. The first-order valence-corrected chi connectivity index (χ1v) is 5.46. The van der Waals surface area contributed by atoms with Crippen LogP contribution in [-0.4, -0.2) is 4.98 Å². The van der Waals surface area contributed by atoms with Gasteiger partial charge in [-0.25, -0.2) is 4.98 Å². The van der Waals surface area contributed by atoms with Gasteiger partial charge in [0.25, 0.3) is 0 Å². The number of ether oxygens (including phenoxy) is 1. The lowest BCUT2D eigenvalue weighted by molar-refractivity contribution is 0.311. The SMILES string of the molecule is Cc1ncc(COc2ccccc2N)s1. The van der Waals surface area contributed by atoms with Crippen LogP contribution < -0.4 is 10.5 Å². The number of hydrogen-bond donors (Lipinski definition) is 1. The number of anilines is 1. The first-order valence-electron chi connectivity index (χ1n) is 4.64. The fourth-order valence-corrected chi connectivity index (χ4v) is 1.94. The molecule has 0 bridgehead atoms. The summed E-state index contributed by atoms with van der Waals surface area (Å²) in [4.78, 5) is 5.27. The molecule has 15 heavy (non-hydrogen) atoms. The number of nitrogens with two attached hydrogens (primary N) is 1. The summed E-state index contributed by atoms with van der Waals surface area (Å²) < 4.78 is 5.58. The summed E-state index contributed by atoms with van der Waals surface area (Å²) in [5, 5.41) is 1.05. The highest BCUT2D eigenvalue weighted by molar-refractivity contribution is 7.11. The van der Waals surface area contributed by atoms with E-state index in [4.69, 9.17) is 10.5 Å². The molecule has 0 saturated carbocycles. The van der Waals surface area contributed by atoms with Gasteiger partial charge in [0, 0.05) is 6.20 Å². The number of nitrogens with zero attached hydrogens (tertiary/aromatic N) is 1. The largest absolute Gasteiger partial charge is 0.486 e. The van der Waals surface area contributed by atoms with Crippen LogP contribution >= 0.6 is 11.3 Å². The second kappa shape index (κ2) is 4.31. The normalized spacial score (nSPS) is 10.2. The maximum atomic E-state index is 5.75. The molecule has 2 aromatic rings. The lowest BCUT2D eigenvalue weighted by Crippen LogP contribution is -1.96. The number of rotatable bonds is 3. The summed E-state index contributed by atoms with van der Waals surface area (Å²) in [6.45, 7) is 2.50. The van der Waals surface area contributed by atoms with Crippen LogP contribution in [0.25, 0.3) is 0 Å². The first-order chi connectivity index (χ1) is 7.25. The Bertz CT molecular complexity index is 453. The van der Waals surface area contributed by atoms with Crippen LogP contribution in [0.3, 0.4) is 0 Å². The second-order valence-corrected chi connectivity index (χ2v) is 4.49. The van der Waals surface area contributed by atoms with Crippen LogP contribution in [0.15, 0.2) is 30.5 Å². The van der Waals surface area contributed by atoms with Crippen molar-refractivity contribution in [3.8, 4) is 5.75 Å². The summed E-state index contributed by atoms with van der Waals surface area (Å²) in [5.74, 6) is 0.726. The molecule has 0 radical (unpaired) electrons.